The standard InChI is InChI=1S/C14H19NO2.C3H8N2/c1-16-12-4-2-3-11-5-10-17-14(13(11)12)6-8-15-9-7-14;1-5-3-2-4/h2-4,15H,5-10H2,1H3;2-3,5H,4H2,1H3/b;3-2-. The Morgan fingerprint density at radius 2 is 2.14 bits per heavy atom. The fraction of sp³-hybridized carbons (Fsp3) is 0.529. The molecule has 0 radical (unpaired) electrons. The Morgan fingerprint density at radius 3 is 2.73 bits per heavy atom. The van der Waals surface area contributed by atoms with Gasteiger partial charge >= 0.3 is 0 Å². The minimum atomic E-state index is -0.106. The van der Waals surface area contributed by atoms with Gasteiger partial charge in [0.05, 0.1) is 19.3 Å². The third-order valence-electron chi connectivity index (χ3n) is 4.21. The largest absolute Gasteiger partial charge is 0.496 e. The Hall–Kier alpha value is -1.72. The third-order valence-corrected chi connectivity index (χ3v) is 4.21. The molecule has 2 heterocycles. The van der Waals surface area contributed by atoms with Gasteiger partial charge in [0.1, 0.15) is 5.75 Å². The fourth-order valence-electron chi connectivity index (χ4n) is 3.22. The molecule has 1 aromatic rings. The van der Waals surface area contributed by atoms with Gasteiger partial charge in [0.15, 0.2) is 0 Å². The average molecular weight is 305 g/mol. The summed E-state index contributed by atoms with van der Waals surface area (Å²) in [7, 11) is 3.54. The quantitative estimate of drug-likeness (QED) is 0.772. The summed E-state index contributed by atoms with van der Waals surface area (Å²) in [6.07, 6.45) is 6.18. The van der Waals surface area contributed by atoms with Crippen LogP contribution in [0.3, 0.4) is 0 Å². The molecule has 2 aliphatic heterocycles. The van der Waals surface area contributed by atoms with E-state index in [0.717, 1.165) is 44.7 Å². The zero-order valence-electron chi connectivity index (χ0n) is 13.5. The third kappa shape index (κ3) is 3.54. The average Bonchev–Trinajstić information content (AvgIpc) is 2.57. The highest BCUT2D eigenvalue weighted by molar-refractivity contribution is 5.46. The fourth-order valence-corrected chi connectivity index (χ4v) is 3.22. The summed E-state index contributed by atoms with van der Waals surface area (Å²) in [6, 6.07) is 6.35. The van der Waals surface area contributed by atoms with E-state index in [0.29, 0.717) is 0 Å². The molecule has 0 saturated carbocycles. The van der Waals surface area contributed by atoms with Crippen molar-refractivity contribution in [3.63, 3.8) is 0 Å². The molecule has 0 atom stereocenters. The minimum Gasteiger partial charge on any atom is -0.496 e. The smallest absolute Gasteiger partial charge is 0.125 e. The van der Waals surface area contributed by atoms with Gasteiger partial charge in [-0.1, -0.05) is 12.1 Å². The topological polar surface area (TPSA) is 68.5 Å². The first-order valence-corrected chi connectivity index (χ1v) is 7.82. The van der Waals surface area contributed by atoms with Crippen molar-refractivity contribution in [3.8, 4) is 5.75 Å². The van der Waals surface area contributed by atoms with Gasteiger partial charge in [0.25, 0.3) is 0 Å². The van der Waals surface area contributed by atoms with E-state index >= 15 is 0 Å². The summed E-state index contributed by atoms with van der Waals surface area (Å²) < 4.78 is 11.7. The van der Waals surface area contributed by atoms with Crippen LogP contribution in [0.15, 0.2) is 30.6 Å². The van der Waals surface area contributed by atoms with Gasteiger partial charge in [-0.15, -0.1) is 0 Å². The molecule has 1 aromatic carbocycles. The van der Waals surface area contributed by atoms with Gasteiger partial charge in [-0.2, -0.15) is 0 Å². The van der Waals surface area contributed by atoms with Gasteiger partial charge in [0.2, 0.25) is 0 Å². The Labute approximate surface area is 132 Å². The molecule has 0 aromatic heterocycles. The van der Waals surface area contributed by atoms with Gasteiger partial charge in [-0.25, -0.2) is 0 Å². The van der Waals surface area contributed by atoms with Crippen LogP contribution >= 0.6 is 0 Å². The highest BCUT2D eigenvalue weighted by Gasteiger charge is 2.41. The highest BCUT2D eigenvalue weighted by atomic mass is 16.5. The van der Waals surface area contributed by atoms with Crippen LogP contribution in [-0.2, 0) is 16.8 Å². The van der Waals surface area contributed by atoms with E-state index < -0.39 is 0 Å². The maximum absolute atomic E-state index is 6.16. The number of piperidine rings is 1. The molecule has 5 nitrogen and oxygen atoms in total. The number of ether oxygens (including phenoxy) is 2. The van der Waals surface area contributed by atoms with E-state index in [1.807, 2.05) is 0 Å². The van der Waals surface area contributed by atoms with Crippen molar-refractivity contribution in [2.45, 2.75) is 24.9 Å². The van der Waals surface area contributed by atoms with Crippen LogP contribution in [0.4, 0.5) is 0 Å². The monoisotopic (exact) mass is 305 g/mol. The van der Waals surface area contributed by atoms with Crippen LogP contribution in [0.25, 0.3) is 0 Å². The summed E-state index contributed by atoms with van der Waals surface area (Å²) in [4.78, 5) is 0. The normalized spacial score (nSPS) is 19.2. The molecule has 0 aliphatic carbocycles. The van der Waals surface area contributed by atoms with Crippen LogP contribution < -0.4 is 21.1 Å². The second-order valence-corrected chi connectivity index (χ2v) is 5.48. The van der Waals surface area contributed by atoms with E-state index in [2.05, 4.69) is 28.8 Å². The van der Waals surface area contributed by atoms with Crippen molar-refractivity contribution in [3.05, 3.63) is 41.7 Å². The second kappa shape index (κ2) is 8.06. The number of benzene rings is 1. The summed E-state index contributed by atoms with van der Waals surface area (Å²) >= 11 is 0. The van der Waals surface area contributed by atoms with Crippen molar-refractivity contribution >= 4 is 0 Å². The molecular weight excluding hydrogens is 278 g/mol. The van der Waals surface area contributed by atoms with Crippen molar-refractivity contribution < 1.29 is 9.47 Å². The SMILES string of the molecule is CN/C=C\N.COc1cccc2c1C1(CCNCC1)OCC2. The summed E-state index contributed by atoms with van der Waals surface area (Å²) in [5, 5.41) is 6.12. The number of nitrogens with two attached hydrogens (primary N) is 1. The molecule has 22 heavy (non-hydrogen) atoms. The summed E-state index contributed by atoms with van der Waals surface area (Å²) in [5.41, 5.74) is 7.49. The number of nitrogens with one attached hydrogen (secondary N) is 2. The van der Waals surface area contributed by atoms with Crippen LogP contribution in [0.1, 0.15) is 24.0 Å². The molecule has 1 saturated heterocycles. The van der Waals surface area contributed by atoms with Crippen LogP contribution in [-0.4, -0.2) is 33.9 Å². The number of hydrogen-bond acceptors (Lipinski definition) is 5. The summed E-state index contributed by atoms with van der Waals surface area (Å²) in [6.45, 7) is 2.88. The van der Waals surface area contributed by atoms with Crippen molar-refractivity contribution in [1.82, 2.24) is 10.6 Å². The predicted molar refractivity (Wildman–Crippen MR) is 88.8 cm³/mol. The Kier molecular flexibility index (Phi) is 6.10. The molecule has 2 aliphatic rings. The van der Waals surface area contributed by atoms with Crippen LogP contribution in [0.5, 0.6) is 5.75 Å². The first-order chi connectivity index (χ1) is 10.8. The van der Waals surface area contributed by atoms with E-state index in [9.17, 15) is 0 Å². The maximum Gasteiger partial charge on any atom is 0.125 e. The zero-order chi connectivity index (χ0) is 15.8. The Morgan fingerprint density at radius 1 is 1.36 bits per heavy atom. The number of fused-ring (bicyclic) bond motifs is 2. The molecular formula is C17H27N3O2. The predicted octanol–water partition coefficient (Wildman–Crippen LogP) is 1.48. The first-order valence-electron chi connectivity index (χ1n) is 7.82. The molecule has 3 rings (SSSR count). The molecule has 1 fully saturated rings. The lowest BCUT2D eigenvalue weighted by molar-refractivity contribution is -0.0815. The Balaban J connectivity index is 0.000000309. The van der Waals surface area contributed by atoms with Crippen molar-refractivity contribution in [2.24, 2.45) is 5.73 Å². The first kappa shape index (κ1) is 16.6. The van der Waals surface area contributed by atoms with Crippen molar-refractivity contribution in [2.75, 3.05) is 33.9 Å². The van der Waals surface area contributed by atoms with Gasteiger partial charge < -0.3 is 25.8 Å². The number of methoxy groups -OCH3 is 1. The maximum atomic E-state index is 6.16. The molecule has 122 valence electrons. The molecule has 0 amide bonds. The lowest BCUT2D eigenvalue weighted by Gasteiger charge is -2.42. The highest BCUT2D eigenvalue weighted by Crippen LogP contribution is 2.44. The lowest BCUT2D eigenvalue weighted by atomic mass is 9.79. The van der Waals surface area contributed by atoms with Crippen LogP contribution in [0, 0.1) is 0 Å². The van der Waals surface area contributed by atoms with Gasteiger partial charge in [0, 0.05) is 25.0 Å². The van der Waals surface area contributed by atoms with E-state index in [1.54, 1.807) is 20.4 Å². The van der Waals surface area contributed by atoms with Gasteiger partial charge in [-0.05, 0) is 44.0 Å². The molecule has 0 bridgehead atoms. The molecule has 1 spiro atoms. The zero-order valence-corrected chi connectivity index (χ0v) is 13.5. The van der Waals surface area contributed by atoms with E-state index in [4.69, 9.17) is 15.2 Å². The number of rotatable bonds is 2. The molecule has 5 heteroatoms. The molecule has 4 N–H and O–H groups in total. The van der Waals surface area contributed by atoms with Crippen molar-refractivity contribution in [1.29, 1.82) is 0 Å². The van der Waals surface area contributed by atoms with E-state index in [-0.39, 0.29) is 5.60 Å². The molecule has 0 unspecified atom stereocenters. The van der Waals surface area contributed by atoms with Crippen LogP contribution in [0.2, 0.25) is 0 Å². The second-order valence-electron chi connectivity index (χ2n) is 5.48. The van der Waals surface area contributed by atoms with Gasteiger partial charge in [-0.3, -0.25) is 0 Å². The number of hydrogen-bond donors (Lipinski definition) is 3. The van der Waals surface area contributed by atoms with E-state index in [1.165, 1.54) is 17.3 Å². The lowest BCUT2D eigenvalue weighted by Crippen LogP contribution is -2.45. The minimum absolute atomic E-state index is 0.106. The summed E-state index contributed by atoms with van der Waals surface area (Å²) in [5.74, 6) is 0.990. The Bertz CT molecular complexity index is 482.